The van der Waals surface area contributed by atoms with E-state index in [1.807, 2.05) is 67.6 Å². The van der Waals surface area contributed by atoms with Crippen molar-refractivity contribution in [3.8, 4) is 11.5 Å². The molecule has 0 saturated heterocycles. The molecule has 0 spiro atoms. The van der Waals surface area contributed by atoms with Gasteiger partial charge in [0.15, 0.2) is 5.76 Å². The third-order valence-corrected chi connectivity index (χ3v) is 5.28. The zero-order valence-electron chi connectivity index (χ0n) is 16.6. The van der Waals surface area contributed by atoms with Crippen molar-refractivity contribution in [3.63, 3.8) is 0 Å². The Morgan fingerprint density at radius 3 is 2.80 bits per heavy atom. The molecule has 5 heteroatoms. The first-order chi connectivity index (χ1) is 14.7. The van der Waals surface area contributed by atoms with Crippen molar-refractivity contribution < 1.29 is 18.7 Å². The van der Waals surface area contributed by atoms with Gasteiger partial charge in [-0.25, -0.2) is 0 Å². The number of Topliss-reactive ketones (excluding diaryl/α,β-unsaturated/α-hetero) is 1. The first-order valence-corrected chi connectivity index (χ1v) is 9.89. The molecule has 0 fully saturated rings. The Kier molecular flexibility index (Phi) is 4.73. The highest BCUT2D eigenvalue weighted by molar-refractivity contribution is 6.14. The molecule has 0 atom stereocenters. The zero-order valence-corrected chi connectivity index (χ0v) is 16.6. The van der Waals surface area contributed by atoms with Crippen LogP contribution in [0.4, 0.5) is 0 Å². The maximum absolute atomic E-state index is 13.0. The van der Waals surface area contributed by atoms with Crippen LogP contribution in [0.5, 0.6) is 11.5 Å². The van der Waals surface area contributed by atoms with Crippen LogP contribution >= 0.6 is 0 Å². The Morgan fingerprint density at radius 2 is 2.00 bits per heavy atom. The molecular formula is C25H21NO4. The molecule has 2 aromatic carbocycles. The Hall–Kier alpha value is -3.57. The number of carbonyl (C=O) groups is 1. The van der Waals surface area contributed by atoms with Crippen molar-refractivity contribution in [2.45, 2.75) is 20.0 Å². The maximum atomic E-state index is 13.0. The molecule has 5 rings (SSSR count). The first-order valence-electron chi connectivity index (χ1n) is 9.89. The van der Waals surface area contributed by atoms with E-state index in [0.717, 1.165) is 28.2 Å². The van der Waals surface area contributed by atoms with Gasteiger partial charge >= 0.3 is 0 Å². The number of hydrogen-bond acceptors (Lipinski definition) is 5. The lowest BCUT2D eigenvalue weighted by Gasteiger charge is -2.29. The van der Waals surface area contributed by atoms with E-state index in [4.69, 9.17) is 13.9 Å². The van der Waals surface area contributed by atoms with Gasteiger partial charge in [0.1, 0.15) is 24.0 Å². The van der Waals surface area contributed by atoms with Crippen LogP contribution < -0.4 is 9.47 Å². The van der Waals surface area contributed by atoms with Crippen molar-refractivity contribution in [3.05, 3.63) is 101 Å². The number of ether oxygens (including phenoxy) is 2. The second-order valence-corrected chi connectivity index (χ2v) is 7.45. The van der Waals surface area contributed by atoms with E-state index in [1.165, 1.54) is 0 Å². The first kappa shape index (κ1) is 18.5. The van der Waals surface area contributed by atoms with Crippen molar-refractivity contribution in [1.82, 2.24) is 4.90 Å². The largest absolute Gasteiger partial charge is 0.478 e. The third-order valence-electron chi connectivity index (χ3n) is 5.28. The smallest absolute Gasteiger partial charge is 0.232 e. The number of fused-ring (bicyclic) bond motifs is 3. The lowest BCUT2D eigenvalue weighted by atomic mass is 9.99. The van der Waals surface area contributed by atoms with Crippen molar-refractivity contribution in [2.24, 2.45) is 0 Å². The Labute approximate surface area is 174 Å². The van der Waals surface area contributed by atoms with Crippen LogP contribution in [0.1, 0.15) is 32.8 Å². The summed E-state index contributed by atoms with van der Waals surface area (Å²) in [6.07, 6.45) is 7.18. The van der Waals surface area contributed by atoms with Crippen LogP contribution in [-0.4, -0.2) is 17.4 Å². The van der Waals surface area contributed by atoms with Gasteiger partial charge in [-0.05, 0) is 42.3 Å². The molecule has 0 saturated carbocycles. The van der Waals surface area contributed by atoms with E-state index < -0.39 is 0 Å². The molecule has 5 nitrogen and oxygen atoms in total. The average molecular weight is 399 g/mol. The minimum Gasteiger partial charge on any atom is -0.478 e. The van der Waals surface area contributed by atoms with Gasteiger partial charge in [-0.1, -0.05) is 42.5 Å². The highest BCUT2D eigenvalue weighted by Gasteiger charge is 2.35. The molecule has 2 aliphatic rings. The second kappa shape index (κ2) is 7.69. The number of hydrogen-bond donors (Lipinski definition) is 0. The molecule has 2 aliphatic heterocycles. The summed E-state index contributed by atoms with van der Waals surface area (Å²) in [6.45, 7) is 3.63. The van der Waals surface area contributed by atoms with E-state index in [9.17, 15) is 4.79 Å². The molecule has 0 bridgehead atoms. The van der Waals surface area contributed by atoms with Gasteiger partial charge in [-0.2, -0.15) is 0 Å². The van der Waals surface area contributed by atoms with Crippen LogP contribution in [0, 0.1) is 6.92 Å². The van der Waals surface area contributed by atoms with Gasteiger partial charge in [-0.3, -0.25) is 9.69 Å². The standard InChI is InChI=1S/C25H21NO4/c1-17-13-22-20(15-26(16-29-22)14-19-10-6-12-28-19)25-23(17)24(27)21(30-25)11-5-9-18-7-3-2-4-8-18/h2-13H,14-16H2,1H3/b9-5+,21-11-. The number of allylic oxidation sites excluding steroid dienone is 3. The predicted molar refractivity (Wildman–Crippen MR) is 113 cm³/mol. The fourth-order valence-electron chi connectivity index (χ4n) is 3.83. The van der Waals surface area contributed by atoms with Crippen LogP contribution in [0.2, 0.25) is 0 Å². The fourth-order valence-corrected chi connectivity index (χ4v) is 3.83. The Morgan fingerprint density at radius 1 is 1.13 bits per heavy atom. The molecular weight excluding hydrogens is 378 g/mol. The van der Waals surface area contributed by atoms with Crippen LogP contribution in [0.3, 0.4) is 0 Å². The molecule has 0 radical (unpaired) electrons. The quantitative estimate of drug-likeness (QED) is 0.571. The molecule has 1 aromatic heterocycles. The van der Waals surface area contributed by atoms with E-state index >= 15 is 0 Å². The van der Waals surface area contributed by atoms with E-state index in [-0.39, 0.29) is 5.78 Å². The lowest BCUT2D eigenvalue weighted by Crippen LogP contribution is -2.31. The van der Waals surface area contributed by atoms with Gasteiger partial charge < -0.3 is 13.9 Å². The number of carbonyl (C=O) groups excluding carboxylic acids is 1. The van der Waals surface area contributed by atoms with Crippen LogP contribution in [0.25, 0.3) is 6.08 Å². The minimum atomic E-state index is -0.0915. The van der Waals surface area contributed by atoms with Crippen LogP contribution in [0.15, 0.2) is 77.1 Å². The average Bonchev–Trinajstić information content (AvgIpc) is 3.38. The van der Waals surface area contributed by atoms with Gasteiger partial charge in [0.25, 0.3) is 0 Å². The molecule has 150 valence electrons. The van der Waals surface area contributed by atoms with Gasteiger partial charge in [0.2, 0.25) is 5.78 Å². The fraction of sp³-hybridized carbons (Fsp3) is 0.160. The number of rotatable bonds is 4. The number of benzene rings is 2. The van der Waals surface area contributed by atoms with Crippen molar-refractivity contribution >= 4 is 11.9 Å². The summed E-state index contributed by atoms with van der Waals surface area (Å²) in [7, 11) is 0. The highest BCUT2D eigenvalue weighted by atomic mass is 16.5. The maximum Gasteiger partial charge on any atom is 0.232 e. The highest BCUT2D eigenvalue weighted by Crippen LogP contribution is 2.43. The van der Waals surface area contributed by atoms with Gasteiger partial charge in [0, 0.05) is 6.54 Å². The Balaban J connectivity index is 1.42. The summed E-state index contributed by atoms with van der Waals surface area (Å²) in [4.78, 5) is 15.1. The summed E-state index contributed by atoms with van der Waals surface area (Å²) in [5.74, 6) is 2.49. The summed E-state index contributed by atoms with van der Waals surface area (Å²) >= 11 is 0. The molecule has 0 N–H and O–H groups in total. The van der Waals surface area contributed by atoms with Gasteiger partial charge in [0.05, 0.1) is 23.9 Å². The monoisotopic (exact) mass is 399 g/mol. The third kappa shape index (κ3) is 3.44. The van der Waals surface area contributed by atoms with E-state index in [0.29, 0.717) is 36.9 Å². The minimum absolute atomic E-state index is 0.0915. The molecule has 3 heterocycles. The van der Waals surface area contributed by atoms with Crippen LogP contribution in [-0.2, 0) is 13.1 Å². The predicted octanol–water partition coefficient (Wildman–Crippen LogP) is 5.11. The van der Waals surface area contributed by atoms with E-state index in [2.05, 4.69) is 4.90 Å². The van der Waals surface area contributed by atoms with Crippen molar-refractivity contribution in [2.75, 3.05) is 6.73 Å². The summed E-state index contributed by atoms with van der Waals surface area (Å²) in [5, 5.41) is 0. The van der Waals surface area contributed by atoms with Gasteiger partial charge in [-0.15, -0.1) is 0 Å². The summed E-state index contributed by atoms with van der Waals surface area (Å²) in [5.41, 5.74) is 3.45. The topological polar surface area (TPSA) is 51.9 Å². The SMILES string of the molecule is Cc1cc2c(c3c1C(=O)/C(=C/C=C/c1ccccc1)O3)CN(Cc1ccco1)CO2. The Bertz CT molecular complexity index is 1140. The molecule has 0 aliphatic carbocycles. The number of aryl methyl sites for hydroxylation is 1. The summed E-state index contributed by atoms with van der Waals surface area (Å²) < 4.78 is 17.5. The normalized spacial score (nSPS) is 17.1. The molecule has 0 unspecified atom stereocenters. The van der Waals surface area contributed by atoms with E-state index in [1.54, 1.807) is 12.3 Å². The number of furan rings is 1. The zero-order chi connectivity index (χ0) is 20.5. The molecule has 3 aromatic rings. The molecule has 30 heavy (non-hydrogen) atoms. The number of ketones is 1. The lowest BCUT2D eigenvalue weighted by molar-refractivity contribution is 0.0809. The molecule has 0 amide bonds. The summed E-state index contributed by atoms with van der Waals surface area (Å²) in [6, 6.07) is 15.7. The second-order valence-electron chi connectivity index (χ2n) is 7.45. The number of nitrogens with zero attached hydrogens (tertiary/aromatic N) is 1. The van der Waals surface area contributed by atoms with Crippen molar-refractivity contribution in [1.29, 1.82) is 0 Å².